The molecule has 1 aromatic heterocycles. The Morgan fingerprint density at radius 3 is 2.68 bits per heavy atom. The summed E-state index contributed by atoms with van der Waals surface area (Å²) in [6.07, 6.45) is 2.56. The van der Waals surface area contributed by atoms with Gasteiger partial charge in [0.25, 0.3) is 0 Å². The molecule has 5 heteroatoms. The standard InChI is InChI=1S/C14H10Br2O2S/c15-12-7-11(14(16)19-12)13(17)8-2-1-3-10(6-8)18-9-4-5-9/h1-3,6-7,9H,4-5H2. The predicted molar refractivity (Wildman–Crippen MR) is 83.2 cm³/mol. The maximum atomic E-state index is 12.4. The van der Waals surface area contributed by atoms with E-state index in [0.717, 1.165) is 26.2 Å². The zero-order valence-corrected chi connectivity index (χ0v) is 13.8. The molecular weight excluding hydrogens is 392 g/mol. The molecule has 1 heterocycles. The van der Waals surface area contributed by atoms with E-state index in [9.17, 15) is 4.79 Å². The molecule has 1 aliphatic carbocycles. The summed E-state index contributed by atoms with van der Waals surface area (Å²) < 4.78 is 7.50. The van der Waals surface area contributed by atoms with Crippen molar-refractivity contribution in [3.8, 4) is 5.75 Å². The molecule has 0 atom stereocenters. The van der Waals surface area contributed by atoms with E-state index in [0.29, 0.717) is 17.2 Å². The van der Waals surface area contributed by atoms with Crippen molar-refractivity contribution in [3.05, 3.63) is 49.0 Å². The fraction of sp³-hybridized carbons (Fsp3) is 0.214. The SMILES string of the molecule is O=C(c1cccc(OC2CC2)c1)c1cc(Br)sc1Br. The Bertz CT molecular complexity index is 632. The monoisotopic (exact) mass is 400 g/mol. The lowest BCUT2D eigenvalue weighted by Gasteiger charge is -2.06. The third-order valence-electron chi connectivity index (χ3n) is 2.82. The summed E-state index contributed by atoms with van der Waals surface area (Å²) in [5.74, 6) is 0.786. The van der Waals surface area contributed by atoms with E-state index in [-0.39, 0.29) is 5.78 Å². The molecule has 19 heavy (non-hydrogen) atoms. The molecule has 0 unspecified atom stereocenters. The number of hydrogen-bond acceptors (Lipinski definition) is 3. The Morgan fingerprint density at radius 2 is 2.05 bits per heavy atom. The maximum absolute atomic E-state index is 12.4. The Kier molecular flexibility index (Phi) is 3.78. The van der Waals surface area contributed by atoms with E-state index in [4.69, 9.17) is 4.74 Å². The van der Waals surface area contributed by atoms with Crippen LogP contribution in [-0.2, 0) is 0 Å². The Hall–Kier alpha value is -0.650. The minimum atomic E-state index is 0.00933. The van der Waals surface area contributed by atoms with Crippen molar-refractivity contribution in [3.63, 3.8) is 0 Å². The summed E-state index contributed by atoms with van der Waals surface area (Å²) in [7, 11) is 0. The van der Waals surface area contributed by atoms with Gasteiger partial charge in [0.05, 0.1) is 13.7 Å². The van der Waals surface area contributed by atoms with Crippen LogP contribution in [0.5, 0.6) is 5.75 Å². The second-order valence-corrected chi connectivity index (χ2v) is 8.16. The predicted octanol–water partition coefficient (Wildman–Crippen LogP) is 5.05. The Labute approximate surface area is 132 Å². The zero-order valence-electron chi connectivity index (χ0n) is 9.86. The quantitative estimate of drug-likeness (QED) is 0.670. The molecule has 2 nitrogen and oxygen atoms in total. The molecule has 0 aliphatic heterocycles. The number of benzene rings is 1. The third-order valence-corrected chi connectivity index (χ3v) is 5.16. The molecule has 1 aliphatic rings. The van der Waals surface area contributed by atoms with Crippen LogP contribution in [0.25, 0.3) is 0 Å². The van der Waals surface area contributed by atoms with Gasteiger partial charge in [0, 0.05) is 11.1 Å². The lowest BCUT2D eigenvalue weighted by atomic mass is 10.1. The second-order valence-electron chi connectivity index (χ2n) is 4.41. The fourth-order valence-electron chi connectivity index (χ4n) is 1.74. The van der Waals surface area contributed by atoms with Crippen molar-refractivity contribution >= 4 is 49.0 Å². The van der Waals surface area contributed by atoms with Crippen molar-refractivity contribution in [2.75, 3.05) is 0 Å². The van der Waals surface area contributed by atoms with E-state index in [1.807, 2.05) is 30.3 Å². The first-order chi connectivity index (χ1) is 9.13. The van der Waals surface area contributed by atoms with Crippen molar-refractivity contribution in [1.29, 1.82) is 0 Å². The van der Waals surface area contributed by atoms with E-state index in [2.05, 4.69) is 31.9 Å². The van der Waals surface area contributed by atoms with Crippen LogP contribution in [0.2, 0.25) is 0 Å². The lowest BCUT2D eigenvalue weighted by Crippen LogP contribution is -2.02. The first kappa shape index (κ1) is 13.3. The summed E-state index contributed by atoms with van der Waals surface area (Å²) in [6.45, 7) is 0. The largest absolute Gasteiger partial charge is 0.490 e. The van der Waals surface area contributed by atoms with Crippen LogP contribution in [-0.4, -0.2) is 11.9 Å². The van der Waals surface area contributed by atoms with Gasteiger partial charge in [-0.05, 0) is 62.9 Å². The Morgan fingerprint density at radius 1 is 1.26 bits per heavy atom. The summed E-state index contributed by atoms with van der Waals surface area (Å²) >= 11 is 8.31. The minimum Gasteiger partial charge on any atom is -0.490 e. The van der Waals surface area contributed by atoms with Gasteiger partial charge in [0.2, 0.25) is 0 Å². The highest BCUT2D eigenvalue weighted by molar-refractivity contribution is 9.12. The number of thiophene rings is 1. The van der Waals surface area contributed by atoms with Gasteiger partial charge in [-0.25, -0.2) is 0 Å². The van der Waals surface area contributed by atoms with Crippen molar-refractivity contribution in [2.24, 2.45) is 0 Å². The van der Waals surface area contributed by atoms with Crippen molar-refractivity contribution < 1.29 is 9.53 Å². The molecule has 0 spiro atoms. The van der Waals surface area contributed by atoms with Gasteiger partial charge in [-0.2, -0.15) is 0 Å². The van der Waals surface area contributed by atoms with E-state index < -0.39 is 0 Å². The normalized spacial score (nSPS) is 14.4. The minimum absolute atomic E-state index is 0.00933. The maximum Gasteiger partial charge on any atom is 0.195 e. The first-order valence-electron chi connectivity index (χ1n) is 5.90. The van der Waals surface area contributed by atoms with Crippen molar-refractivity contribution in [2.45, 2.75) is 18.9 Å². The molecule has 0 radical (unpaired) electrons. The number of carbonyl (C=O) groups excluding carboxylic acids is 1. The third kappa shape index (κ3) is 3.09. The van der Waals surface area contributed by atoms with Crippen LogP contribution >= 0.6 is 43.2 Å². The van der Waals surface area contributed by atoms with E-state index >= 15 is 0 Å². The van der Waals surface area contributed by atoms with Crippen LogP contribution in [0.3, 0.4) is 0 Å². The number of ether oxygens (including phenoxy) is 1. The van der Waals surface area contributed by atoms with Gasteiger partial charge >= 0.3 is 0 Å². The molecular formula is C14H10Br2O2S. The first-order valence-corrected chi connectivity index (χ1v) is 8.30. The van der Waals surface area contributed by atoms with Crippen molar-refractivity contribution in [1.82, 2.24) is 0 Å². The van der Waals surface area contributed by atoms with Crippen LogP contribution in [0.1, 0.15) is 28.8 Å². The van der Waals surface area contributed by atoms with Crippen LogP contribution in [0.15, 0.2) is 37.9 Å². The van der Waals surface area contributed by atoms with Crippen LogP contribution < -0.4 is 4.74 Å². The lowest BCUT2D eigenvalue weighted by molar-refractivity contribution is 0.103. The van der Waals surface area contributed by atoms with Gasteiger partial charge in [-0.3, -0.25) is 4.79 Å². The molecule has 0 N–H and O–H groups in total. The number of carbonyl (C=O) groups is 1. The molecule has 98 valence electrons. The number of halogens is 2. The zero-order chi connectivity index (χ0) is 13.4. The molecule has 2 aromatic rings. The molecule has 0 saturated heterocycles. The highest BCUT2D eigenvalue weighted by Crippen LogP contribution is 2.34. The fourth-order valence-corrected chi connectivity index (χ4v) is 4.53. The van der Waals surface area contributed by atoms with Gasteiger partial charge in [0.1, 0.15) is 5.75 Å². The molecule has 0 amide bonds. The molecule has 1 saturated carbocycles. The number of rotatable bonds is 4. The molecule has 3 rings (SSSR count). The highest BCUT2D eigenvalue weighted by atomic mass is 79.9. The van der Waals surface area contributed by atoms with Crippen LogP contribution in [0.4, 0.5) is 0 Å². The molecule has 1 aromatic carbocycles. The van der Waals surface area contributed by atoms with Gasteiger partial charge in [-0.15, -0.1) is 11.3 Å². The van der Waals surface area contributed by atoms with Gasteiger partial charge in [-0.1, -0.05) is 12.1 Å². The highest BCUT2D eigenvalue weighted by Gasteiger charge is 2.24. The number of ketones is 1. The van der Waals surface area contributed by atoms with E-state index in [1.165, 1.54) is 11.3 Å². The second kappa shape index (κ2) is 5.38. The van der Waals surface area contributed by atoms with Gasteiger partial charge in [0.15, 0.2) is 5.78 Å². The molecule has 1 fully saturated rings. The van der Waals surface area contributed by atoms with E-state index in [1.54, 1.807) is 0 Å². The summed E-state index contributed by atoms with van der Waals surface area (Å²) in [6, 6.07) is 9.23. The average Bonchev–Trinajstić information content (AvgIpc) is 3.13. The Balaban J connectivity index is 1.88. The molecule has 0 bridgehead atoms. The smallest absolute Gasteiger partial charge is 0.195 e. The van der Waals surface area contributed by atoms with Gasteiger partial charge < -0.3 is 4.74 Å². The summed E-state index contributed by atoms with van der Waals surface area (Å²) in [5.41, 5.74) is 1.34. The average molecular weight is 402 g/mol. The van der Waals surface area contributed by atoms with Crippen LogP contribution in [0, 0.1) is 0 Å². The topological polar surface area (TPSA) is 26.3 Å². The number of hydrogen-bond donors (Lipinski definition) is 0. The summed E-state index contributed by atoms with van der Waals surface area (Å²) in [4.78, 5) is 12.4. The summed E-state index contributed by atoms with van der Waals surface area (Å²) in [5, 5.41) is 0.